The van der Waals surface area contributed by atoms with Gasteiger partial charge >= 0.3 is 0 Å². The van der Waals surface area contributed by atoms with E-state index in [2.05, 4.69) is 48.5 Å². The summed E-state index contributed by atoms with van der Waals surface area (Å²) in [6, 6.07) is 17.1. The Balaban J connectivity index is 1.65. The molecule has 0 aromatic heterocycles. The first-order chi connectivity index (χ1) is 12.5. The number of hydrogen-bond donors (Lipinski definition) is 2. The Hall–Kier alpha value is -2.33. The van der Waals surface area contributed by atoms with Gasteiger partial charge in [-0.25, -0.2) is 0 Å². The largest absolute Gasteiger partial charge is 0.397 e. The van der Waals surface area contributed by atoms with Crippen molar-refractivity contribution in [1.82, 2.24) is 4.90 Å². The molecule has 4 rings (SSSR count). The molecule has 0 saturated carbocycles. The summed E-state index contributed by atoms with van der Waals surface area (Å²) in [6.07, 6.45) is 3.31. The Labute approximate surface area is 155 Å². The zero-order valence-electron chi connectivity index (χ0n) is 15.5. The van der Waals surface area contributed by atoms with Gasteiger partial charge in [0.2, 0.25) is 5.91 Å². The fourth-order valence-electron chi connectivity index (χ4n) is 4.81. The summed E-state index contributed by atoms with van der Waals surface area (Å²) >= 11 is 0. The van der Waals surface area contributed by atoms with Crippen molar-refractivity contribution in [3.8, 4) is 0 Å². The number of carbonyl (C=O) groups is 1. The average Bonchev–Trinajstić information content (AvgIpc) is 2.87. The molecule has 4 atom stereocenters. The number of fused-ring (bicyclic) bond motifs is 2. The Bertz CT molecular complexity index is 801. The topological polar surface area (TPSA) is 58.4 Å². The van der Waals surface area contributed by atoms with E-state index in [-0.39, 0.29) is 17.7 Å². The van der Waals surface area contributed by atoms with E-state index >= 15 is 0 Å². The maximum atomic E-state index is 13.3. The molecule has 2 bridgehead atoms. The van der Waals surface area contributed by atoms with Crippen LogP contribution in [-0.2, 0) is 4.79 Å². The summed E-state index contributed by atoms with van der Waals surface area (Å²) < 4.78 is 0. The van der Waals surface area contributed by atoms with E-state index in [0.717, 1.165) is 12.8 Å². The summed E-state index contributed by atoms with van der Waals surface area (Å²) in [5, 5.41) is 3.10. The molecule has 2 aromatic carbocycles. The molecule has 2 fully saturated rings. The van der Waals surface area contributed by atoms with E-state index in [0.29, 0.717) is 23.5 Å². The first kappa shape index (κ1) is 17.1. The van der Waals surface area contributed by atoms with Gasteiger partial charge in [-0.15, -0.1) is 0 Å². The summed E-state index contributed by atoms with van der Waals surface area (Å²) in [5.74, 6) is 0.293. The fourth-order valence-corrected chi connectivity index (χ4v) is 4.81. The first-order valence-electron chi connectivity index (χ1n) is 9.48. The van der Waals surface area contributed by atoms with Crippen LogP contribution in [-0.4, -0.2) is 29.9 Å². The van der Waals surface area contributed by atoms with Crippen molar-refractivity contribution < 1.29 is 4.79 Å². The molecular formula is C22H27N3O. The number of hydrogen-bond acceptors (Lipinski definition) is 3. The standard InChI is InChI=1S/C22H27N3O/c1-14-7-9-15(10-8-14)17-13-16-11-12-20(25(16)2)21(17)22(26)24-19-6-4-3-5-18(19)23/h3-10,16-17,20-21H,11-13,23H2,1-2H3,(H,24,26)/t16-,17?,20?,21+/m1/s1. The molecule has 4 nitrogen and oxygen atoms in total. The van der Waals surface area contributed by atoms with Crippen molar-refractivity contribution in [3.63, 3.8) is 0 Å². The second-order valence-electron chi connectivity index (χ2n) is 7.82. The third-order valence-electron chi connectivity index (χ3n) is 6.30. The monoisotopic (exact) mass is 349 g/mol. The number of nitrogens with one attached hydrogen (secondary N) is 1. The maximum Gasteiger partial charge on any atom is 0.229 e. The van der Waals surface area contributed by atoms with Gasteiger partial charge in [0.05, 0.1) is 17.3 Å². The minimum atomic E-state index is -0.0546. The minimum absolute atomic E-state index is 0.0546. The highest BCUT2D eigenvalue weighted by molar-refractivity contribution is 5.96. The molecule has 2 aromatic rings. The van der Waals surface area contributed by atoms with Crippen LogP contribution in [0.4, 0.5) is 11.4 Å². The number of nitrogen functional groups attached to an aromatic ring is 1. The molecule has 2 aliphatic heterocycles. The predicted octanol–water partition coefficient (Wildman–Crippen LogP) is 3.78. The zero-order chi connectivity index (χ0) is 18.3. The number of amides is 1. The number of nitrogens with zero attached hydrogens (tertiary/aromatic N) is 1. The number of carbonyl (C=O) groups excluding carboxylic acids is 1. The lowest BCUT2D eigenvalue weighted by atomic mass is 9.75. The number of benzene rings is 2. The van der Waals surface area contributed by atoms with E-state index in [1.165, 1.54) is 17.5 Å². The average molecular weight is 349 g/mol. The molecule has 0 radical (unpaired) electrons. The Kier molecular flexibility index (Phi) is 4.45. The highest BCUT2D eigenvalue weighted by atomic mass is 16.2. The van der Waals surface area contributed by atoms with Crippen LogP contribution in [0.25, 0.3) is 0 Å². The number of piperidine rings is 1. The van der Waals surface area contributed by atoms with Crippen LogP contribution >= 0.6 is 0 Å². The smallest absolute Gasteiger partial charge is 0.229 e. The van der Waals surface area contributed by atoms with Gasteiger partial charge in [0, 0.05) is 12.1 Å². The van der Waals surface area contributed by atoms with Crippen molar-refractivity contribution in [2.75, 3.05) is 18.1 Å². The van der Waals surface area contributed by atoms with Gasteiger partial charge in [0.1, 0.15) is 0 Å². The van der Waals surface area contributed by atoms with Crippen LogP contribution in [0.5, 0.6) is 0 Å². The van der Waals surface area contributed by atoms with Gasteiger partial charge in [-0.3, -0.25) is 9.69 Å². The number of aryl methyl sites for hydroxylation is 1. The van der Waals surface area contributed by atoms with Gasteiger partial charge in [0.25, 0.3) is 0 Å². The third kappa shape index (κ3) is 2.99. The molecule has 3 N–H and O–H groups in total. The maximum absolute atomic E-state index is 13.3. The molecule has 136 valence electrons. The second-order valence-corrected chi connectivity index (χ2v) is 7.82. The molecule has 2 saturated heterocycles. The van der Waals surface area contributed by atoms with E-state index < -0.39 is 0 Å². The van der Waals surface area contributed by atoms with Crippen molar-refractivity contribution in [2.45, 2.75) is 44.2 Å². The van der Waals surface area contributed by atoms with Crippen molar-refractivity contribution >= 4 is 17.3 Å². The predicted molar refractivity (Wildman–Crippen MR) is 106 cm³/mol. The summed E-state index contributed by atoms with van der Waals surface area (Å²) in [7, 11) is 2.17. The van der Waals surface area contributed by atoms with Gasteiger partial charge in [0.15, 0.2) is 0 Å². The highest BCUT2D eigenvalue weighted by Gasteiger charge is 2.49. The van der Waals surface area contributed by atoms with Crippen molar-refractivity contribution in [2.24, 2.45) is 5.92 Å². The van der Waals surface area contributed by atoms with Gasteiger partial charge in [-0.1, -0.05) is 42.0 Å². The molecular weight excluding hydrogens is 322 g/mol. The minimum Gasteiger partial charge on any atom is -0.397 e. The SMILES string of the molecule is Cc1ccc(C2C[C@H]3CCC([C@H]2C(=O)Nc2ccccc2N)N3C)cc1. The lowest BCUT2D eigenvalue weighted by molar-refractivity contribution is -0.124. The lowest BCUT2D eigenvalue weighted by Gasteiger charge is -2.42. The van der Waals surface area contributed by atoms with Crippen LogP contribution in [0.2, 0.25) is 0 Å². The fraction of sp³-hybridized carbons (Fsp3) is 0.409. The van der Waals surface area contributed by atoms with Gasteiger partial charge in [-0.2, -0.15) is 0 Å². The quantitative estimate of drug-likeness (QED) is 0.829. The number of para-hydroxylation sites is 2. The summed E-state index contributed by atoms with van der Waals surface area (Å²) in [4.78, 5) is 15.7. The summed E-state index contributed by atoms with van der Waals surface area (Å²) in [5.41, 5.74) is 9.89. The molecule has 4 heteroatoms. The highest BCUT2D eigenvalue weighted by Crippen LogP contribution is 2.46. The lowest BCUT2D eigenvalue weighted by Crippen LogP contribution is -2.50. The van der Waals surface area contributed by atoms with E-state index in [1.807, 2.05) is 24.3 Å². The van der Waals surface area contributed by atoms with E-state index in [4.69, 9.17) is 5.73 Å². The second kappa shape index (κ2) is 6.76. The normalized spacial score (nSPS) is 28.1. The third-order valence-corrected chi connectivity index (χ3v) is 6.30. The molecule has 2 aliphatic rings. The zero-order valence-corrected chi connectivity index (χ0v) is 15.5. The first-order valence-corrected chi connectivity index (χ1v) is 9.48. The van der Waals surface area contributed by atoms with Crippen LogP contribution in [0, 0.1) is 12.8 Å². The van der Waals surface area contributed by atoms with Crippen molar-refractivity contribution in [3.05, 3.63) is 59.7 Å². The summed E-state index contributed by atoms with van der Waals surface area (Å²) in [6.45, 7) is 2.10. The number of rotatable bonds is 3. The Morgan fingerprint density at radius 3 is 2.58 bits per heavy atom. The number of anilines is 2. The van der Waals surface area contributed by atoms with Gasteiger partial charge < -0.3 is 11.1 Å². The van der Waals surface area contributed by atoms with Crippen LogP contribution in [0.1, 0.15) is 36.3 Å². The van der Waals surface area contributed by atoms with E-state index in [1.54, 1.807) is 0 Å². The van der Waals surface area contributed by atoms with Crippen molar-refractivity contribution in [1.29, 1.82) is 0 Å². The van der Waals surface area contributed by atoms with Gasteiger partial charge in [-0.05, 0) is 56.8 Å². The molecule has 2 unspecified atom stereocenters. The molecule has 2 heterocycles. The van der Waals surface area contributed by atoms with E-state index in [9.17, 15) is 4.79 Å². The Morgan fingerprint density at radius 1 is 1.12 bits per heavy atom. The molecule has 26 heavy (non-hydrogen) atoms. The molecule has 0 spiro atoms. The van der Waals surface area contributed by atoms with Crippen LogP contribution < -0.4 is 11.1 Å². The van der Waals surface area contributed by atoms with Crippen LogP contribution in [0.15, 0.2) is 48.5 Å². The van der Waals surface area contributed by atoms with Crippen LogP contribution in [0.3, 0.4) is 0 Å². The Morgan fingerprint density at radius 2 is 1.85 bits per heavy atom. The number of nitrogens with two attached hydrogens (primary N) is 1. The molecule has 1 amide bonds. The molecule has 0 aliphatic carbocycles.